The Hall–Kier alpha value is -2.58. The smallest absolute Gasteiger partial charge is 0.286 e. The van der Waals surface area contributed by atoms with Crippen molar-refractivity contribution < 1.29 is 0 Å². The van der Waals surface area contributed by atoms with Gasteiger partial charge in [0.1, 0.15) is 4.47 Å². The summed E-state index contributed by atoms with van der Waals surface area (Å²) in [4.78, 5) is 12.6. The molecule has 0 saturated heterocycles. The van der Waals surface area contributed by atoms with Gasteiger partial charge < -0.3 is 5.73 Å². The number of nitrogens with two attached hydrogens (primary N) is 1. The van der Waals surface area contributed by atoms with Gasteiger partial charge in [-0.1, -0.05) is 24.3 Å². The van der Waals surface area contributed by atoms with Gasteiger partial charge in [-0.05, 0) is 52.3 Å². The minimum atomic E-state index is -0.0931. The summed E-state index contributed by atoms with van der Waals surface area (Å²) in [5, 5.41) is 8.43. The molecule has 3 rings (SSSR count). The van der Waals surface area contributed by atoms with E-state index in [4.69, 9.17) is 5.73 Å². The zero-order valence-corrected chi connectivity index (χ0v) is 17.0. The Morgan fingerprint density at radius 3 is 2.74 bits per heavy atom. The lowest BCUT2D eigenvalue weighted by Crippen LogP contribution is -2.19. The molecule has 0 amide bonds. The molecule has 0 saturated carbocycles. The number of allylic oxidation sites excluding steroid dienone is 2. The fourth-order valence-corrected chi connectivity index (χ4v) is 4.04. The maximum atomic E-state index is 12.6. The molecule has 2 heterocycles. The molecule has 0 unspecified atom stereocenters. The van der Waals surface area contributed by atoms with E-state index in [9.17, 15) is 4.79 Å². The lowest BCUT2D eigenvalue weighted by molar-refractivity contribution is 0.628. The largest absolute Gasteiger partial charge is 0.394 e. The molecule has 0 bridgehead atoms. The van der Waals surface area contributed by atoms with Crippen molar-refractivity contribution >= 4 is 33.8 Å². The second-order valence-corrected chi connectivity index (χ2v) is 7.44. The molecule has 3 aromatic rings. The molecule has 138 valence electrons. The molecule has 6 nitrogen and oxygen atoms in total. The topological polar surface area (TPSA) is 78.7 Å². The summed E-state index contributed by atoms with van der Waals surface area (Å²) in [6, 6.07) is 13.2. The zero-order valence-electron chi connectivity index (χ0n) is 14.6. The van der Waals surface area contributed by atoms with E-state index in [2.05, 4.69) is 26.1 Å². The Morgan fingerprint density at radius 2 is 2.04 bits per heavy atom. The third-order valence-electron chi connectivity index (χ3n) is 3.82. The van der Waals surface area contributed by atoms with Crippen molar-refractivity contribution in [1.82, 2.24) is 19.6 Å². The van der Waals surface area contributed by atoms with Gasteiger partial charge in [-0.3, -0.25) is 9.48 Å². The van der Waals surface area contributed by atoms with E-state index in [1.165, 1.54) is 11.8 Å². The number of hydrogen-bond acceptors (Lipinski definition) is 5. The summed E-state index contributed by atoms with van der Waals surface area (Å²) in [5.74, 6) is 0.563. The Kier molecular flexibility index (Phi) is 6.31. The fraction of sp³-hybridized carbons (Fsp3) is 0.105. The highest BCUT2D eigenvalue weighted by Gasteiger charge is 2.16. The molecular weight excluding hydrogens is 426 g/mol. The molecular formula is C19H18BrN5OS. The summed E-state index contributed by atoms with van der Waals surface area (Å²) in [7, 11) is 1.86. The lowest BCUT2D eigenvalue weighted by atomic mass is 10.3. The molecule has 0 aliphatic carbocycles. The van der Waals surface area contributed by atoms with Gasteiger partial charge in [0.25, 0.3) is 5.56 Å². The molecule has 2 N–H and O–H groups in total. The molecule has 8 heteroatoms. The highest BCUT2D eigenvalue weighted by atomic mass is 79.9. The Labute approximate surface area is 169 Å². The molecule has 0 aliphatic rings. The minimum Gasteiger partial charge on any atom is -0.394 e. The number of rotatable bonds is 6. The first kappa shape index (κ1) is 19.2. The number of thioether (sulfide) groups is 1. The molecule has 0 atom stereocenters. The Bertz CT molecular complexity index is 1030. The van der Waals surface area contributed by atoms with Gasteiger partial charge in [-0.25, -0.2) is 4.68 Å². The van der Waals surface area contributed by atoms with Crippen LogP contribution in [-0.4, -0.2) is 19.6 Å². The number of benzene rings is 1. The molecule has 0 fully saturated rings. The maximum absolute atomic E-state index is 12.6. The van der Waals surface area contributed by atoms with E-state index in [0.717, 1.165) is 17.1 Å². The minimum absolute atomic E-state index is 0.0931. The van der Waals surface area contributed by atoms with Crippen LogP contribution in [-0.2, 0) is 12.8 Å². The highest BCUT2D eigenvalue weighted by Crippen LogP contribution is 2.23. The first-order valence-electron chi connectivity index (χ1n) is 8.14. The molecule has 0 aliphatic heterocycles. The van der Waals surface area contributed by atoms with E-state index < -0.39 is 0 Å². The average molecular weight is 444 g/mol. The van der Waals surface area contributed by atoms with Crippen LogP contribution in [0.2, 0.25) is 0 Å². The summed E-state index contributed by atoms with van der Waals surface area (Å²) in [6.07, 6.45) is 7.09. The second kappa shape index (κ2) is 8.88. The van der Waals surface area contributed by atoms with Gasteiger partial charge in [-0.15, -0.1) is 11.8 Å². The van der Waals surface area contributed by atoms with E-state index in [-0.39, 0.29) is 5.56 Å². The van der Waals surface area contributed by atoms with Crippen molar-refractivity contribution in [2.24, 2.45) is 12.8 Å². The SMILES string of the molecule is Cn1c(CSC(N)=CC=Cc2cccnn2)c(Br)c(=O)n1-c1ccccc1. The van der Waals surface area contributed by atoms with E-state index >= 15 is 0 Å². The Balaban J connectivity index is 1.74. The zero-order chi connectivity index (χ0) is 19.2. The normalized spacial score (nSPS) is 12.0. The van der Waals surface area contributed by atoms with Gasteiger partial charge in [0.15, 0.2) is 0 Å². The number of aromatic nitrogens is 4. The van der Waals surface area contributed by atoms with Gasteiger partial charge >= 0.3 is 0 Å². The van der Waals surface area contributed by atoms with Crippen LogP contribution in [0.1, 0.15) is 11.4 Å². The predicted octanol–water partition coefficient (Wildman–Crippen LogP) is 3.48. The standard InChI is InChI=1S/C19H18BrN5OS/c1-24-16(18(20)19(26)25(24)15-9-3-2-4-10-15)13-27-17(21)11-5-7-14-8-6-12-22-23-14/h2-12H,13,21H2,1H3. The third-order valence-corrected chi connectivity index (χ3v) is 5.50. The third kappa shape index (κ3) is 4.58. The first-order valence-corrected chi connectivity index (χ1v) is 9.92. The molecule has 0 radical (unpaired) electrons. The van der Waals surface area contributed by atoms with Gasteiger partial charge in [0.05, 0.1) is 22.1 Å². The van der Waals surface area contributed by atoms with Crippen molar-refractivity contribution in [1.29, 1.82) is 0 Å². The monoisotopic (exact) mass is 443 g/mol. The molecule has 2 aromatic heterocycles. The first-order chi connectivity index (χ1) is 13.1. The molecule has 0 spiro atoms. The quantitative estimate of drug-likeness (QED) is 0.589. The van der Waals surface area contributed by atoms with E-state index in [0.29, 0.717) is 15.3 Å². The summed E-state index contributed by atoms with van der Waals surface area (Å²) in [5.41, 5.74) is 8.42. The van der Waals surface area contributed by atoms with Crippen molar-refractivity contribution in [2.75, 3.05) is 0 Å². The van der Waals surface area contributed by atoms with Crippen LogP contribution in [0.15, 0.2) is 75.1 Å². The van der Waals surface area contributed by atoms with Crippen LogP contribution in [0.4, 0.5) is 0 Å². The van der Waals surface area contributed by atoms with Crippen molar-refractivity contribution in [3.8, 4) is 5.69 Å². The maximum Gasteiger partial charge on any atom is 0.286 e. The van der Waals surface area contributed by atoms with Crippen LogP contribution in [0.3, 0.4) is 0 Å². The molecule has 27 heavy (non-hydrogen) atoms. The molecule has 1 aromatic carbocycles. The lowest BCUT2D eigenvalue weighted by Gasteiger charge is -2.09. The van der Waals surface area contributed by atoms with Crippen molar-refractivity contribution in [3.63, 3.8) is 0 Å². The highest BCUT2D eigenvalue weighted by molar-refractivity contribution is 9.10. The van der Waals surface area contributed by atoms with Gasteiger partial charge in [-0.2, -0.15) is 10.2 Å². The van der Waals surface area contributed by atoms with E-state index in [1.54, 1.807) is 17.0 Å². The predicted molar refractivity (Wildman–Crippen MR) is 113 cm³/mol. The number of hydrogen-bond donors (Lipinski definition) is 1. The summed E-state index contributed by atoms with van der Waals surface area (Å²) >= 11 is 4.88. The number of para-hydroxylation sites is 1. The number of halogens is 1. The van der Waals surface area contributed by atoms with Crippen LogP contribution in [0, 0.1) is 0 Å². The van der Waals surface area contributed by atoms with E-state index in [1.807, 2.05) is 66.3 Å². The van der Waals surface area contributed by atoms with Gasteiger partial charge in [0.2, 0.25) is 0 Å². The average Bonchev–Trinajstić information content (AvgIpc) is 2.90. The van der Waals surface area contributed by atoms with Crippen molar-refractivity contribution in [2.45, 2.75) is 5.75 Å². The summed E-state index contributed by atoms with van der Waals surface area (Å²) in [6.45, 7) is 0. The van der Waals surface area contributed by atoms with Crippen LogP contribution < -0.4 is 11.3 Å². The second-order valence-electron chi connectivity index (χ2n) is 5.60. The van der Waals surface area contributed by atoms with Crippen molar-refractivity contribution in [3.05, 3.63) is 92.1 Å². The number of nitrogens with zero attached hydrogens (tertiary/aromatic N) is 4. The van der Waals surface area contributed by atoms with Crippen LogP contribution >= 0.6 is 27.7 Å². The van der Waals surface area contributed by atoms with Gasteiger partial charge in [0, 0.05) is 19.0 Å². The fourth-order valence-electron chi connectivity index (χ4n) is 2.48. The van der Waals surface area contributed by atoms with Crippen LogP contribution in [0.5, 0.6) is 0 Å². The Morgan fingerprint density at radius 1 is 1.26 bits per heavy atom. The van der Waals surface area contributed by atoms with Crippen LogP contribution in [0.25, 0.3) is 11.8 Å². The summed E-state index contributed by atoms with van der Waals surface area (Å²) < 4.78 is 4.02.